The molecule has 0 saturated carbocycles. The highest BCUT2D eigenvalue weighted by Gasteiger charge is 2.13. The summed E-state index contributed by atoms with van der Waals surface area (Å²) in [7, 11) is 0. The van der Waals surface area contributed by atoms with Gasteiger partial charge >= 0.3 is 6.03 Å². The van der Waals surface area contributed by atoms with Gasteiger partial charge in [0.2, 0.25) is 0 Å². The van der Waals surface area contributed by atoms with Crippen LogP contribution in [0.4, 0.5) is 4.79 Å². The first kappa shape index (κ1) is 14.5. The molecule has 0 saturated heterocycles. The van der Waals surface area contributed by atoms with E-state index in [1.807, 2.05) is 66.9 Å². The zero-order valence-electron chi connectivity index (χ0n) is 11.5. The average molecular weight is 286 g/mol. The molecule has 2 aromatic rings. The van der Waals surface area contributed by atoms with E-state index in [0.29, 0.717) is 13.1 Å². The number of nitrogens with zero attached hydrogens (tertiary/aromatic N) is 1. The molecule has 3 nitrogen and oxygen atoms in total. The van der Waals surface area contributed by atoms with Crippen LogP contribution in [0.3, 0.4) is 0 Å². The molecule has 0 radical (unpaired) electrons. The Morgan fingerprint density at radius 1 is 0.950 bits per heavy atom. The van der Waals surface area contributed by atoms with Gasteiger partial charge in [0.25, 0.3) is 0 Å². The second kappa shape index (κ2) is 7.60. The third kappa shape index (κ3) is 4.31. The summed E-state index contributed by atoms with van der Waals surface area (Å²) in [5, 5.41) is 0. The van der Waals surface area contributed by atoms with Crippen molar-refractivity contribution in [2.24, 2.45) is 0 Å². The highest BCUT2D eigenvalue weighted by molar-refractivity contribution is 7.97. The van der Waals surface area contributed by atoms with Gasteiger partial charge in [0.05, 0.1) is 0 Å². The van der Waals surface area contributed by atoms with E-state index in [9.17, 15) is 4.79 Å². The fourth-order valence-corrected chi connectivity index (χ4v) is 2.26. The van der Waals surface area contributed by atoms with E-state index in [1.165, 1.54) is 11.9 Å². The van der Waals surface area contributed by atoms with Crippen molar-refractivity contribution in [1.82, 2.24) is 9.62 Å². The van der Waals surface area contributed by atoms with Gasteiger partial charge in [-0.05, 0) is 11.1 Å². The van der Waals surface area contributed by atoms with Crippen molar-refractivity contribution in [2.75, 3.05) is 6.26 Å². The number of amides is 2. The van der Waals surface area contributed by atoms with Crippen molar-refractivity contribution in [3.8, 4) is 0 Å². The van der Waals surface area contributed by atoms with Gasteiger partial charge in [0, 0.05) is 19.3 Å². The Balaban J connectivity index is 2.10. The highest BCUT2D eigenvalue weighted by atomic mass is 32.2. The Morgan fingerprint density at radius 3 is 1.80 bits per heavy atom. The maximum Gasteiger partial charge on any atom is 0.327 e. The Kier molecular flexibility index (Phi) is 5.50. The molecule has 0 heterocycles. The number of benzene rings is 2. The second-order valence-electron chi connectivity index (χ2n) is 4.44. The van der Waals surface area contributed by atoms with Crippen molar-refractivity contribution < 1.29 is 4.79 Å². The molecule has 4 heteroatoms. The molecule has 1 N–H and O–H groups in total. The summed E-state index contributed by atoms with van der Waals surface area (Å²) < 4.78 is 2.79. The zero-order valence-corrected chi connectivity index (χ0v) is 12.3. The lowest BCUT2D eigenvalue weighted by Crippen LogP contribution is -2.35. The van der Waals surface area contributed by atoms with Gasteiger partial charge in [0.15, 0.2) is 0 Å². The van der Waals surface area contributed by atoms with Gasteiger partial charge in [-0.3, -0.25) is 4.72 Å². The lowest BCUT2D eigenvalue weighted by Gasteiger charge is -2.22. The number of urea groups is 1. The van der Waals surface area contributed by atoms with Crippen LogP contribution in [-0.2, 0) is 13.1 Å². The molecule has 0 unspecified atom stereocenters. The summed E-state index contributed by atoms with van der Waals surface area (Å²) in [6, 6.07) is 20.0. The van der Waals surface area contributed by atoms with Crippen molar-refractivity contribution in [3.05, 3.63) is 71.8 Å². The van der Waals surface area contributed by atoms with Crippen LogP contribution >= 0.6 is 11.9 Å². The molecule has 104 valence electrons. The topological polar surface area (TPSA) is 32.3 Å². The number of carbonyl (C=O) groups excluding carboxylic acids is 1. The third-order valence-corrected chi connectivity index (χ3v) is 3.29. The average Bonchev–Trinajstić information content (AvgIpc) is 2.49. The zero-order chi connectivity index (χ0) is 14.2. The van der Waals surface area contributed by atoms with Gasteiger partial charge in [-0.2, -0.15) is 0 Å². The first-order valence-electron chi connectivity index (χ1n) is 6.45. The van der Waals surface area contributed by atoms with Crippen LogP contribution in [-0.4, -0.2) is 17.2 Å². The van der Waals surface area contributed by atoms with Gasteiger partial charge < -0.3 is 4.90 Å². The predicted octanol–water partition coefficient (Wildman–Crippen LogP) is 3.68. The fraction of sp³-hybridized carbons (Fsp3) is 0.188. The lowest BCUT2D eigenvalue weighted by molar-refractivity contribution is 0.199. The van der Waals surface area contributed by atoms with Crippen LogP contribution < -0.4 is 4.72 Å². The van der Waals surface area contributed by atoms with E-state index in [1.54, 1.807) is 4.90 Å². The van der Waals surface area contributed by atoms with Gasteiger partial charge in [-0.25, -0.2) is 4.79 Å². The molecule has 0 atom stereocenters. The first-order chi connectivity index (χ1) is 9.79. The Hall–Kier alpha value is -1.94. The maximum atomic E-state index is 12.1. The second-order valence-corrected chi connectivity index (χ2v) is 5.05. The summed E-state index contributed by atoms with van der Waals surface area (Å²) in [6.07, 6.45) is 1.85. The van der Waals surface area contributed by atoms with E-state index >= 15 is 0 Å². The molecule has 2 rings (SSSR count). The molecule has 20 heavy (non-hydrogen) atoms. The number of hydrogen-bond donors (Lipinski definition) is 1. The monoisotopic (exact) mass is 286 g/mol. The molecule has 0 aliphatic rings. The van der Waals surface area contributed by atoms with Crippen molar-refractivity contribution in [3.63, 3.8) is 0 Å². The standard InChI is InChI=1S/C16H18N2OS/c1-20-17-16(19)18(12-14-8-4-2-5-9-14)13-15-10-6-3-7-11-15/h2-11H,12-13H2,1H3,(H,17,19). The number of nitrogens with one attached hydrogen (secondary N) is 1. The van der Waals surface area contributed by atoms with Crippen LogP contribution in [0.5, 0.6) is 0 Å². The van der Waals surface area contributed by atoms with E-state index < -0.39 is 0 Å². The molecule has 0 spiro atoms. The number of carbonyl (C=O) groups is 1. The minimum absolute atomic E-state index is 0.0646. The van der Waals surface area contributed by atoms with Crippen molar-refractivity contribution in [2.45, 2.75) is 13.1 Å². The van der Waals surface area contributed by atoms with E-state index in [4.69, 9.17) is 0 Å². The smallest absolute Gasteiger partial charge is 0.315 e. The molecule has 0 bridgehead atoms. The largest absolute Gasteiger partial charge is 0.327 e. The Labute approximate surface area is 124 Å². The van der Waals surface area contributed by atoms with Gasteiger partial charge in [-0.15, -0.1) is 0 Å². The quantitative estimate of drug-likeness (QED) is 0.850. The van der Waals surface area contributed by atoms with Crippen LogP contribution in [0.1, 0.15) is 11.1 Å². The van der Waals surface area contributed by atoms with E-state index in [0.717, 1.165) is 11.1 Å². The molecule has 2 aromatic carbocycles. The van der Waals surface area contributed by atoms with Crippen LogP contribution in [0.15, 0.2) is 60.7 Å². The third-order valence-electron chi connectivity index (χ3n) is 2.91. The maximum absolute atomic E-state index is 12.1. The van der Waals surface area contributed by atoms with Gasteiger partial charge in [-0.1, -0.05) is 72.6 Å². The molecule has 0 aromatic heterocycles. The highest BCUT2D eigenvalue weighted by Crippen LogP contribution is 2.10. The Morgan fingerprint density at radius 2 is 1.40 bits per heavy atom. The van der Waals surface area contributed by atoms with E-state index in [2.05, 4.69) is 4.72 Å². The summed E-state index contributed by atoms with van der Waals surface area (Å²) in [5.74, 6) is 0. The van der Waals surface area contributed by atoms with Gasteiger partial charge in [0.1, 0.15) is 0 Å². The van der Waals surface area contributed by atoms with Crippen LogP contribution in [0, 0.1) is 0 Å². The molecule has 0 aliphatic carbocycles. The lowest BCUT2D eigenvalue weighted by atomic mass is 10.2. The molecule has 0 aliphatic heterocycles. The molecular formula is C16H18N2OS. The van der Waals surface area contributed by atoms with Crippen LogP contribution in [0.25, 0.3) is 0 Å². The minimum Gasteiger partial charge on any atom is -0.315 e. The molecular weight excluding hydrogens is 268 g/mol. The SMILES string of the molecule is CSNC(=O)N(Cc1ccccc1)Cc1ccccc1. The van der Waals surface area contributed by atoms with Crippen molar-refractivity contribution in [1.29, 1.82) is 0 Å². The summed E-state index contributed by atoms with van der Waals surface area (Å²) in [4.78, 5) is 14.0. The fourth-order valence-electron chi connectivity index (χ4n) is 1.96. The Bertz CT molecular complexity index is 489. The van der Waals surface area contributed by atoms with E-state index in [-0.39, 0.29) is 6.03 Å². The molecule has 2 amide bonds. The normalized spacial score (nSPS) is 10.1. The summed E-state index contributed by atoms with van der Waals surface area (Å²) in [5.41, 5.74) is 2.25. The van der Waals surface area contributed by atoms with Crippen molar-refractivity contribution >= 4 is 18.0 Å². The number of rotatable bonds is 5. The summed E-state index contributed by atoms with van der Waals surface area (Å²) >= 11 is 1.32. The van der Waals surface area contributed by atoms with Crippen LogP contribution in [0.2, 0.25) is 0 Å². The summed E-state index contributed by atoms with van der Waals surface area (Å²) in [6.45, 7) is 1.20. The molecule has 0 fully saturated rings. The first-order valence-corrected chi connectivity index (χ1v) is 7.68. The minimum atomic E-state index is -0.0646. The predicted molar refractivity (Wildman–Crippen MR) is 84.2 cm³/mol. The number of hydrogen-bond acceptors (Lipinski definition) is 2.